The van der Waals surface area contributed by atoms with E-state index >= 15 is 0 Å². The fourth-order valence-electron chi connectivity index (χ4n) is 0.878. The standard InChI is InChI=1S/C9H9N2O3/c1-2-10-14-7-8-3-5-9(6-4-8)11(12)13/h2-6H,1,7H2. The van der Waals surface area contributed by atoms with Gasteiger partial charge in [0.2, 0.25) is 0 Å². The average molecular weight is 193 g/mol. The van der Waals surface area contributed by atoms with Gasteiger partial charge in [-0.3, -0.25) is 10.1 Å². The Hall–Kier alpha value is -1.91. The smallest absolute Gasteiger partial charge is 0.269 e. The van der Waals surface area contributed by atoms with E-state index in [9.17, 15) is 10.1 Å². The number of nitrogens with zero attached hydrogens (tertiary/aromatic N) is 2. The second kappa shape index (κ2) is 4.96. The summed E-state index contributed by atoms with van der Waals surface area (Å²) in [4.78, 5) is 14.7. The van der Waals surface area contributed by atoms with E-state index in [4.69, 9.17) is 4.84 Å². The van der Waals surface area contributed by atoms with Gasteiger partial charge < -0.3 is 4.84 Å². The first-order valence-electron chi connectivity index (χ1n) is 3.90. The van der Waals surface area contributed by atoms with Crippen LogP contribution in [0, 0.1) is 17.0 Å². The third-order valence-corrected chi connectivity index (χ3v) is 1.53. The molecule has 0 aliphatic rings. The summed E-state index contributed by atoms with van der Waals surface area (Å²) in [5.41, 5.74) is 0.885. The average Bonchev–Trinajstić information content (AvgIpc) is 2.19. The van der Waals surface area contributed by atoms with E-state index < -0.39 is 4.92 Å². The zero-order chi connectivity index (χ0) is 10.4. The molecule has 0 aliphatic heterocycles. The molecule has 1 aromatic carbocycles. The van der Waals surface area contributed by atoms with E-state index in [0.29, 0.717) is 0 Å². The van der Waals surface area contributed by atoms with Gasteiger partial charge in [-0.05, 0) is 24.6 Å². The lowest BCUT2D eigenvalue weighted by molar-refractivity contribution is -0.384. The summed E-state index contributed by atoms with van der Waals surface area (Å²) in [6.07, 6.45) is 1.28. The number of hydrogen-bond donors (Lipinski definition) is 0. The molecule has 1 rings (SSSR count). The van der Waals surface area contributed by atoms with Crippen molar-refractivity contribution < 1.29 is 9.76 Å². The Labute approximate surface area is 81.1 Å². The summed E-state index contributed by atoms with van der Waals surface area (Å²) in [6.45, 7) is 3.63. The van der Waals surface area contributed by atoms with E-state index in [-0.39, 0.29) is 12.3 Å². The van der Waals surface area contributed by atoms with Crippen LogP contribution in [0.25, 0.3) is 0 Å². The molecule has 0 heterocycles. The second-order valence-corrected chi connectivity index (χ2v) is 2.48. The highest BCUT2D eigenvalue weighted by atomic mass is 16.6. The molecule has 0 aromatic heterocycles. The molecule has 0 saturated carbocycles. The van der Waals surface area contributed by atoms with Gasteiger partial charge in [0.25, 0.3) is 5.69 Å². The Bertz CT molecular complexity index is 332. The van der Waals surface area contributed by atoms with Crippen LogP contribution in [0.1, 0.15) is 5.56 Å². The normalized spacial score (nSPS) is 10.4. The number of non-ortho nitro benzene ring substituents is 1. The lowest BCUT2D eigenvalue weighted by Crippen LogP contribution is -1.90. The fraction of sp³-hybridized carbons (Fsp3) is 0.111. The van der Waals surface area contributed by atoms with Crippen molar-refractivity contribution in [3.05, 3.63) is 46.9 Å². The first kappa shape index (κ1) is 10.2. The monoisotopic (exact) mass is 193 g/mol. The molecule has 0 aliphatic carbocycles. The molecule has 0 atom stereocenters. The molecule has 0 unspecified atom stereocenters. The Kier molecular flexibility index (Phi) is 3.60. The molecular formula is C9H9N2O3. The Morgan fingerprint density at radius 2 is 2.14 bits per heavy atom. The molecule has 1 aromatic rings. The van der Waals surface area contributed by atoms with Gasteiger partial charge in [-0.2, -0.15) is 0 Å². The molecule has 0 N–H and O–H groups in total. The molecule has 14 heavy (non-hydrogen) atoms. The minimum absolute atomic E-state index is 0.0643. The van der Waals surface area contributed by atoms with Gasteiger partial charge >= 0.3 is 0 Å². The first-order chi connectivity index (χ1) is 6.74. The molecular weight excluding hydrogens is 184 g/mol. The summed E-state index contributed by atoms with van der Waals surface area (Å²) in [5, 5.41) is 13.8. The number of benzene rings is 1. The van der Waals surface area contributed by atoms with Crippen LogP contribution in [0.5, 0.6) is 0 Å². The molecule has 5 heteroatoms. The van der Waals surface area contributed by atoms with Gasteiger partial charge in [0, 0.05) is 18.3 Å². The van der Waals surface area contributed by atoms with E-state index in [1.165, 1.54) is 18.3 Å². The third-order valence-electron chi connectivity index (χ3n) is 1.53. The SMILES string of the molecule is [CH2]C=NOCc1ccc([N+](=O)[O-])cc1. The van der Waals surface area contributed by atoms with Crippen LogP contribution in [0.2, 0.25) is 0 Å². The molecule has 0 amide bonds. The Morgan fingerprint density at radius 1 is 1.50 bits per heavy atom. The van der Waals surface area contributed by atoms with Gasteiger partial charge in [-0.1, -0.05) is 5.16 Å². The van der Waals surface area contributed by atoms with Crippen LogP contribution in [0.4, 0.5) is 5.69 Å². The van der Waals surface area contributed by atoms with Crippen LogP contribution in [0.15, 0.2) is 29.4 Å². The van der Waals surface area contributed by atoms with Gasteiger partial charge in [0.15, 0.2) is 0 Å². The number of nitro benzene ring substituents is 1. The highest BCUT2D eigenvalue weighted by Gasteiger charge is 2.03. The molecule has 0 spiro atoms. The minimum Gasteiger partial charge on any atom is -0.391 e. The third kappa shape index (κ3) is 2.85. The number of oxime groups is 1. The van der Waals surface area contributed by atoms with Crippen LogP contribution in [-0.2, 0) is 11.4 Å². The highest BCUT2D eigenvalue weighted by Crippen LogP contribution is 2.12. The number of hydrogen-bond acceptors (Lipinski definition) is 4. The predicted molar refractivity (Wildman–Crippen MR) is 51.7 cm³/mol. The highest BCUT2D eigenvalue weighted by molar-refractivity contribution is 5.60. The summed E-state index contributed by atoms with van der Waals surface area (Å²) in [6, 6.07) is 6.09. The van der Waals surface area contributed by atoms with Crippen molar-refractivity contribution in [2.75, 3.05) is 0 Å². The summed E-state index contributed by atoms with van der Waals surface area (Å²) >= 11 is 0. The summed E-state index contributed by atoms with van der Waals surface area (Å²) in [5.74, 6) is 0. The van der Waals surface area contributed by atoms with Crippen LogP contribution in [0.3, 0.4) is 0 Å². The topological polar surface area (TPSA) is 64.7 Å². The molecule has 0 saturated heterocycles. The number of rotatable bonds is 4. The van der Waals surface area contributed by atoms with E-state index in [0.717, 1.165) is 5.56 Å². The van der Waals surface area contributed by atoms with Crippen LogP contribution >= 0.6 is 0 Å². The van der Waals surface area contributed by atoms with Crippen molar-refractivity contribution in [1.29, 1.82) is 0 Å². The first-order valence-corrected chi connectivity index (χ1v) is 3.90. The second-order valence-electron chi connectivity index (χ2n) is 2.48. The Balaban J connectivity index is 2.59. The minimum atomic E-state index is -0.446. The summed E-state index contributed by atoms with van der Waals surface area (Å²) in [7, 11) is 0. The summed E-state index contributed by atoms with van der Waals surface area (Å²) < 4.78 is 0. The van der Waals surface area contributed by atoms with Crippen LogP contribution < -0.4 is 0 Å². The fourth-order valence-corrected chi connectivity index (χ4v) is 0.878. The van der Waals surface area contributed by atoms with Crippen molar-refractivity contribution in [2.45, 2.75) is 6.61 Å². The number of nitro groups is 1. The largest absolute Gasteiger partial charge is 0.391 e. The lowest BCUT2D eigenvalue weighted by Gasteiger charge is -1.98. The quantitative estimate of drug-likeness (QED) is 0.417. The van der Waals surface area contributed by atoms with Gasteiger partial charge in [-0.25, -0.2) is 0 Å². The predicted octanol–water partition coefficient (Wildman–Crippen LogP) is 1.93. The van der Waals surface area contributed by atoms with Crippen LogP contribution in [-0.4, -0.2) is 11.1 Å². The van der Waals surface area contributed by atoms with E-state index in [2.05, 4.69) is 12.1 Å². The van der Waals surface area contributed by atoms with Crippen molar-refractivity contribution in [3.8, 4) is 0 Å². The molecule has 5 nitrogen and oxygen atoms in total. The lowest BCUT2D eigenvalue weighted by atomic mass is 10.2. The van der Waals surface area contributed by atoms with Crippen molar-refractivity contribution in [2.24, 2.45) is 5.16 Å². The van der Waals surface area contributed by atoms with E-state index in [1.807, 2.05) is 0 Å². The maximum atomic E-state index is 10.3. The van der Waals surface area contributed by atoms with Crippen molar-refractivity contribution in [1.82, 2.24) is 0 Å². The van der Waals surface area contributed by atoms with E-state index in [1.54, 1.807) is 12.1 Å². The molecule has 0 fully saturated rings. The van der Waals surface area contributed by atoms with Crippen molar-refractivity contribution >= 4 is 11.9 Å². The van der Waals surface area contributed by atoms with Gasteiger partial charge in [0.1, 0.15) is 6.61 Å². The molecule has 0 bridgehead atoms. The Morgan fingerprint density at radius 3 is 2.64 bits per heavy atom. The van der Waals surface area contributed by atoms with Crippen molar-refractivity contribution in [3.63, 3.8) is 0 Å². The maximum Gasteiger partial charge on any atom is 0.269 e. The maximum absolute atomic E-state index is 10.3. The zero-order valence-corrected chi connectivity index (χ0v) is 7.42. The van der Waals surface area contributed by atoms with Gasteiger partial charge in [-0.15, -0.1) is 0 Å². The molecule has 73 valence electrons. The zero-order valence-electron chi connectivity index (χ0n) is 7.42. The van der Waals surface area contributed by atoms with Gasteiger partial charge in [0.05, 0.1) is 4.92 Å². The molecule has 1 radical (unpaired) electrons.